The molecule has 2 aromatic carbocycles. The third-order valence-corrected chi connectivity index (χ3v) is 6.03. The molecule has 2 aromatic rings. The number of benzene rings is 2. The topological polar surface area (TPSA) is 69.7 Å². The minimum Gasteiger partial charge on any atom is -0.352 e. The van der Waals surface area contributed by atoms with Gasteiger partial charge in [-0.2, -0.15) is 0 Å². The normalized spacial score (nSPS) is 19.1. The van der Waals surface area contributed by atoms with Gasteiger partial charge in [0, 0.05) is 24.7 Å². The van der Waals surface area contributed by atoms with Crippen LogP contribution in [0.15, 0.2) is 48.5 Å². The number of nitrogens with zero attached hydrogens (tertiary/aromatic N) is 2. The van der Waals surface area contributed by atoms with Crippen molar-refractivity contribution in [2.45, 2.75) is 38.6 Å². The molecule has 156 valence electrons. The van der Waals surface area contributed by atoms with Crippen molar-refractivity contribution < 1.29 is 14.4 Å². The van der Waals surface area contributed by atoms with Gasteiger partial charge in [0.2, 0.25) is 0 Å². The van der Waals surface area contributed by atoms with Crippen LogP contribution in [0.1, 0.15) is 63.7 Å². The first-order valence-electron chi connectivity index (χ1n) is 10.7. The predicted molar refractivity (Wildman–Crippen MR) is 116 cm³/mol. The third-order valence-electron chi connectivity index (χ3n) is 6.03. The molecule has 2 aliphatic rings. The average Bonchev–Trinajstić information content (AvgIpc) is 3.03. The van der Waals surface area contributed by atoms with Gasteiger partial charge in [-0.3, -0.25) is 14.4 Å². The lowest BCUT2D eigenvalue weighted by Crippen LogP contribution is -2.39. The number of anilines is 1. The Balaban J connectivity index is 1.32. The van der Waals surface area contributed by atoms with Gasteiger partial charge in [-0.05, 0) is 69.1 Å². The second kappa shape index (κ2) is 8.79. The van der Waals surface area contributed by atoms with Gasteiger partial charge in [-0.15, -0.1) is 0 Å². The number of rotatable bonds is 6. The Morgan fingerprint density at radius 3 is 2.30 bits per heavy atom. The maximum Gasteiger partial charge on any atom is 0.266 e. The molecule has 1 N–H and O–H groups in total. The molecule has 1 fully saturated rings. The Morgan fingerprint density at radius 2 is 1.67 bits per heavy atom. The van der Waals surface area contributed by atoms with Gasteiger partial charge in [-0.1, -0.05) is 18.6 Å². The minimum absolute atomic E-state index is 0.143. The largest absolute Gasteiger partial charge is 0.352 e. The molecule has 4 rings (SSSR count). The number of likely N-dealkylation sites (tertiary alicyclic amines) is 1. The molecule has 0 aliphatic carbocycles. The first kappa shape index (κ1) is 20.3. The number of hydrogen-bond donors (Lipinski definition) is 1. The average molecular weight is 405 g/mol. The number of fused-ring (bicyclic) bond motifs is 1. The predicted octanol–water partition coefficient (Wildman–Crippen LogP) is 3.48. The van der Waals surface area contributed by atoms with Crippen LogP contribution in [0.5, 0.6) is 0 Å². The van der Waals surface area contributed by atoms with Crippen molar-refractivity contribution in [3.63, 3.8) is 0 Å². The number of amides is 3. The fraction of sp³-hybridized carbons (Fsp3) is 0.375. The fourth-order valence-corrected chi connectivity index (χ4v) is 4.26. The molecule has 1 atom stereocenters. The highest BCUT2D eigenvalue weighted by molar-refractivity contribution is 6.34. The van der Waals surface area contributed by atoms with E-state index in [1.165, 1.54) is 19.3 Å². The number of carbonyl (C=O) groups excluding carboxylic acids is 3. The number of imide groups is 1. The van der Waals surface area contributed by atoms with E-state index in [-0.39, 0.29) is 17.7 Å². The van der Waals surface area contributed by atoms with E-state index in [1.807, 2.05) is 0 Å². The van der Waals surface area contributed by atoms with Crippen molar-refractivity contribution in [2.75, 3.05) is 24.5 Å². The fourth-order valence-electron chi connectivity index (χ4n) is 4.26. The van der Waals surface area contributed by atoms with Crippen LogP contribution in [0, 0.1) is 0 Å². The quantitative estimate of drug-likeness (QED) is 0.590. The lowest BCUT2D eigenvalue weighted by Gasteiger charge is -2.33. The molecule has 6 heteroatoms. The van der Waals surface area contributed by atoms with E-state index in [0.29, 0.717) is 35.0 Å². The second-order valence-electron chi connectivity index (χ2n) is 8.03. The van der Waals surface area contributed by atoms with Crippen LogP contribution in [0.4, 0.5) is 5.69 Å². The van der Waals surface area contributed by atoms with Gasteiger partial charge >= 0.3 is 0 Å². The standard InChI is InChI=1S/C24H27N3O3/c1-17-7-4-5-15-26(17)16-6-14-25-22(28)18-10-12-19(13-11-18)27-23(29)20-8-2-3-9-21(20)24(27)30/h2-3,8-13,17H,4-7,14-16H2,1H3,(H,25,28)/t17-/m1/s1. The van der Waals surface area contributed by atoms with Gasteiger partial charge in [-0.25, -0.2) is 4.90 Å². The van der Waals surface area contributed by atoms with Crippen LogP contribution in [-0.4, -0.2) is 48.3 Å². The van der Waals surface area contributed by atoms with Crippen LogP contribution in [0.3, 0.4) is 0 Å². The summed E-state index contributed by atoms with van der Waals surface area (Å²) in [6, 6.07) is 14.0. The maximum absolute atomic E-state index is 12.6. The SMILES string of the molecule is C[C@@H]1CCCCN1CCCNC(=O)c1ccc(N2C(=O)c3ccccc3C2=O)cc1. The number of hydrogen-bond acceptors (Lipinski definition) is 4. The van der Waals surface area contributed by atoms with Gasteiger partial charge in [0.25, 0.3) is 17.7 Å². The highest BCUT2D eigenvalue weighted by Crippen LogP contribution is 2.28. The summed E-state index contributed by atoms with van der Waals surface area (Å²) in [5, 5.41) is 2.96. The van der Waals surface area contributed by atoms with E-state index in [1.54, 1.807) is 48.5 Å². The summed E-state index contributed by atoms with van der Waals surface area (Å²) in [5.74, 6) is -0.810. The summed E-state index contributed by atoms with van der Waals surface area (Å²) >= 11 is 0. The van der Waals surface area contributed by atoms with Gasteiger partial charge in [0.1, 0.15) is 0 Å². The molecule has 0 saturated carbocycles. The van der Waals surface area contributed by atoms with Gasteiger partial charge in [0.05, 0.1) is 16.8 Å². The van der Waals surface area contributed by atoms with E-state index in [4.69, 9.17) is 0 Å². The maximum atomic E-state index is 12.6. The van der Waals surface area contributed by atoms with Gasteiger partial charge < -0.3 is 10.2 Å². The van der Waals surface area contributed by atoms with Crippen molar-refractivity contribution in [3.05, 3.63) is 65.2 Å². The molecule has 6 nitrogen and oxygen atoms in total. The molecule has 2 aliphatic heterocycles. The molecule has 3 amide bonds. The van der Waals surface area contributed by atoms with Crippen molar-refractivity contribution in [2.24, 2.45) is 0 Å². The molecule has 2 heterocycles. The second-order valence-corrected chi connectivity index (χ2v) is 8.03. The smallest absolute Gasteiger partial charge is 0.266 e. The van der Waals surface area contributed by atoms with Crippen molar-refractivity contribution >= 4 is 23.4 Å². The monoisotopic (exact) mass is 405 g/mol. The van der Waals surface area contributed by atoms with E-state index in [2.05, 4.69) is 17.1 Å². The molecule has 0 unspecified atom stereocenters. The Bertz CT molecular complexity index is 919. The molecule has 1 saturated heterocycles. The zero-order valence-electron chi connectivity index (χ0n) is 17.3. The van der Waals surface area contributed by atoms with E-state index < -0.39 is 0 Å². The Hall–Kier alpha value is -2.99. The van der Waals surface area contributed by atoms with Crippen LogP contribution in [0.2, 0.25) is 0 Å². The van der Waals surface area contributed by atoms with Crippen LogP contribution in [0.25, 0.3) is 0 Å². The zero-order valence-corrected chi connectivity index (χ0v) is 17.3. The number of piperidine rings is 1. The van der Waals surface area contributed by atoms with E-state index in [0.717, 1.165) is 24.4 Å². The summed E-state index contributed by atoms with van der Waals surface area (Å²) in [6.07, 6.45) is 4.75. The van der Waals surface area contributed by atoms with Crippen LogP contribution in [-0.2, 0) is 0 Å². The summed E-state index contributed by atoms with van der Waals surface area (Å²) in [4.78, 5) is 41.2. The minimum atomic E-state index is -0.334. The highest BCUT2D eigenvalue weighted by Gasteiger charge is 2.36. The van der Waals surface area contributed by atoms with Crippen LogP contribution < -0.4 is 10.2 Å². The van der Waals surface area contributed by atoms with Crippen molar-refractivity contribution in [1.29, 1.82) is 0 Å². The Morgan fingerprint density at radius 1 is 1.00 bits per heavy atom. The molecular weight excluding hydrogens is 378 g/mol. The summed E-state index contributed by atoms with van der Waals surface area (Å²) in [7, 11) is 0. The Kier molecular flexibility index (Phi) is 5.95. The van der Waals surface area contributed by atoms with E-state index >= 15 is 0 Å². The van der Waals surface area contributed by atoms with Crippen molar-refractivity contribution in [1.82, 2.24) is 10.2 Å². The molecule has 0 spiro atoms. The first-order chi connectivity index (χ1) is 14.6. The highest BCUT2D eigenvalue weighted by atomic mass is 16.2. The molecule has 0 bridgehead atoms. The first-order valence-corrected chi connectivity index (χ1v) is 10.7. The van der Waals surface area contributed by atoms with Crippen molar-refractivity contribution in [3.8, 4) is 0 Å². The molecular formula is C24H27N3O3. The van der Waals surface area contributed by atoms with E-state index in [9.17, 15) is 14.4 Å². The summed E-state index contributed by atoms with van der Waals surface area (Å²) in [6.45, 7) is 5.05. The molecule has 0 radical (unpaired) electrons. The number of carbonyl (C=O) groups is 3. The zero-order chi connectivity index (χ0) is 21.1. The van der Waals surface area contributed by atoms with Crippen LogP contribution >= 0.6 is 0 Å². The summed E-state index contributed by atoms with van der Waals surface area (Å²) < 4.78 is 0. The lowest BCUT2D eigenvalue weighted by molar-refractivity contribution is 0.0922. The molecule has 0 aromatic heterocycles. The molecule has 30 heavy (non-hydrogen) atoms. The summed E-state index contributed by atoms with van der Waals surface area (Å²) in [5.41, 5.74) is 1.80. The number of nitrogens with one attached hydrogen (secondary N) is 1. The third kappa shape index (κ3) is 4.00. The Labute approximate surface area is 176 Å². The van der Waals surface area contributed by atoms with Gasteiger partial charge in [0.15, 0.2) is 0 Å². The lowest BCUT2D eigenvalue weighted by atomic mass is 10.0.